The monoisotopic (exact) mass is 366 g/mol. The Labute approximate surface area is 157 Å². The van der Waals surface area contributed by atoms with Crippen LogP contribution in [-0.4, -0.2) is 15.9 Å². The number of carbonyl (C=O) groups is 1. The second kappa shape index (κ2) is 8.45. The molecule has 0 aliphatic rings. The highest BCUT2D eigenvalue weighted by atomic mass is 35.5. The first-order chi connectivity index (χ1) is 12.6. The average Bonchev–Trinajstić information content (AvgIpc) is 2.68. The van der Waals surface area contributed by atoms with Gasteiger partial charge in [-0.25, -0.2) is 9.97 Å². The fourth-order valence-corrected chi connectivity index (χ4v) is 2.59. The molecule has 2 aromatic carbocycles. The van der Waals surface area contributed by atoms with Crippen molar-refractivity contribution in [3.63, 3.8) is 0 Å². The normalized spacial score (nSPS) is 11.6. The van der Waals surface area contributed by atoms with Gasteiger partial charge in [0.15, 0.2) is 0 Å². The third-order valence-electron chi connectivity index (χ3n) is 3.93. The van der Waals surface area contributed by atoms with Gasteiger partial charge in [0.05, 0.1) is 6.04 Å². The molecule has 0 aliphatic heterocycles. The summed E-state index contributed by atoms with van der Waals surface area (Å²) in [7, 11) is 0. The number of benzene rings is 2. The third-order valence-corrected chi connectivity index (χ3v) is 4.19. The molecule has 0 bridgehead atoms. The number of rotatable bonds is 6. The van der Waals surface area contributed by atoms with E-state index in [9.17, 15) is 4.79 Å². The summed E-state index contributed by atoms with van der Waals surface area (Å²) in [5, 5.41) is 6.83. The molecule has 2 N–H and O–H groups in total. The Bertz CT molecular complexity index is 868. The zero-order valence-corrected chi connectivity index (χ0v) is 15.1. The number of carbonyl (C=O) groups excluding carboxylic acids is 1. The van der Waals surface area contributed by atoms with Gasteiger partial charge in [0.25, 0.3) is 5.91 Å². The highest BCUT2D eigenvalue weighted by Gasteiger charge is 2.13. The zero-order chi connectivity index (χ0) is 18.4. The molecule has 5 nitrogen and oxygen atoms in total. The molecule has 0 radical (unpaired) electrons. The predicted octanol–water partition coefficient (Wildman–Crippen LogP) is 4.23. The summed E-state index contributed by atoms with van der Waals surface area (Å²) >= 11 is 5.88. The summed E-state index contributed by atoms with van der Waals surface area (Å²) in [6.07, 6.45) is 1.38. The maximum atomic E-state index is 12.4. The SMILES string of the molecule is CC(NC(=O)c1cc(NCc2ccc(Cl)cc2)ncn1)c1ccccc1. The van der Waals surface area contributed by atoms with E-state index in [2.05, 4.69) is 20.6 Å². The minimum absolute atomic E-state index is 0.107. The summed E-state index contributed by atoms with van der Waals surface area (Å²) in [5.41, 5.74) is 2.43. The molecule has 6 heteroatoms. The van der Waals surface area contributed by atoms with Crippen LogP contribution < -0.4 is 10.6 Å². The third kappa shape index (κ3) is 4.80. The van der Waals surface area contributed by atoms with E-state index in [4.69, 9.17) is 11.6 Å². The molecular weight excluding hydrogens is 348 g/mol. The zero-order valence-electron chi connectivity index (χ0n) is 14.3. The predicted molar refractivity (Wildman–Crippen MR) is 103 cm³/mol. The number of hydrogen-bond acceptors (Lipinski definition) is 4. The van der Waals surface area contributed by atoms with Gasteiger partial charge in [-0.2, -0.15) is 0 Å². The smallest absolute Gasteiger partial charge is 0.270 e. The molecule has 26 heavy (non-hydrogen) atoms. The molecule has 0 fully saturated rings. The first-order valence-corrected chi connectivity index (χ1v) is 8.66. The average molecular weight is 367 g/mol. The number of halogens is 1. The first-order valence-electron chi connectivity index (χ1n) is 8.28. The lowest BCUT2D eigenvalue weighted by atomic mass is 10.1. The van der Waals surface area contributed by atoms with Gasteiger partial charge in [0.2, 0.25) is 0 Å². The summed E-state index contributed by atoms with van der Waals surface area (Å²) in [5.74, 6) is 0.353. The molecule has 0 saturated heterocycles. The molecule has 132 valence electrons. The molecule has 0 saturated carbocycles. The van der Waals surface area contributed by atoms with Crippen LogP contribution in [0.4, 0.5) is 5.82 Å². The van der Waals surface area contributed by atoms with E-state index < -0.39 is 0 Å². The second-order valence-electron chi connectivity index (χ2n) is 5.87. The minimum Gasteiger partial charge on any atom is -0.366 e. The van der Waals surface area contributed by atoms with E-state index in [1.54, 1.807) is 6.07 Å². The number of amides is 1. The minimum atomic E-state index is -0.238. The largest absolute Gasteiger partial charge is 0.366 e. The van der Waals surface area contributed by atoms with E-state index in [-0.39, 0.29) is 11.9 Å². The number of hydrogen-bond donors (Lipinski definition) is 2. The van der Waals surface area contributed by atoms with Crippen LogP contribution in [0.5, 0.6) is 0 Å². The molecule has 1 aromatic heterocycles. The van der Waals surface area contributed by atoms with Crippen LogP contribution in [0.15, 0.2) is 67.0 Å². The number of anilines is 1. The molecule has 1 heterocycles. The van der Waals surface area contributed by atoms with E-state index in [1.807, 2.05) is 61.5 Å². The van der Waals surface area contributed by atoms with Gasteiger partial charge < -0.3 is 10.6 Å². The van der Waals surface area contributed by atoms with Gasteiger partial charge in [0.1, 0.15) is 17.8 Å². The fourth-order valence-electron chi connectivity index (χ4n) is 2.47. The van der Waals surface area contributed by atoms with Crippen LogP contribution in [0.3, 0.4) is 0 Å². The van der Waals surface area contributed by atoms with Gasteiger partial charge >= 0.3 is 0 Å². The Morgan fingerprint density at radius 1 is 1.08 bits per heavy atom. The van der Waals surface area contributed by atoms with Crippen molar-refractivity contribution in [3.8, 4) is 0 Å². The van der Waals surface area contributed by atoms with Crippen molar-refractivity contribution >= 4 is 23.3 Å². The van der Waals surface area contributed by atoms with E-state index in [1.165, 1.54) is 6.33 Å². The lowest BCUT2D eigenvalue weighted by molar-refractivity contribution is 0.0934. The van der Waals surface area contributed by atoms with E-state index >= 15 is 0 Å². The lowest BCUT2D eigenvalue weighted by Gasteiger charge is -2.14. The first kappa shape index (κ1) is 17.9. The van der Waals surface area contributed by atoms with Crippen LogP contribution in [0, 0.1) is 0 Å². The quantitative estimate of drug-likeness (QED) is 0.685. The fraction of sp³-hybridized carbons (Fsp3) is 0.150. The highest BCUT2D eigenvalue weighted by molar-refractivity contribution is 6.30. The van der Waals surface area contributed by atoms with Crippen LogP contribution in [-0.2, 0) is 6.54 Å². The molecular formula is C20H19ClN4O. The maximum absolute atomic E-state index is 12.4. The number of nitrogens with zero attached hydrogens (tertiary/aromatic N) is 2. The topological polar surface area (TPSA) is 66.9 Å². The van der Waals surface area contributed by atoms with Gasteiger partial charge in [-0.05, 0) is 30.2 Å². The second-order valence-corrected chi connectivity index (χ2v) is 6.31. The Balaban J connectivity index is 1.62. The molecule has 1 amide bonds. The van der Waals surface area contributed by atoms with E-state index in [0.717, 1.165) is 11.1 Å². The summed E-state index contributed by atoms with van der Waals surface area (Å²) in [6, 6.07) is 18.9. The maximum Gasteiger partial charge on any atom is 0.270 e. The molecule has 0 spiro atoms. The van der Waals surface area contributed by atoms with Crippen molar-refractivity contribution in [1.29, 1.82) is 0 Å². The number of nitrogens with one attached hydrogen (secondary N) is 2. The van der Waals surface area contributed by atoms with Crippen molar-refractivity contribution in [2.45, 2.75) is 19.5 Å². The van der Waals surface area contributed by atoms with Gasteiger partial charge in [0, 0.05) is 17.6 Å². The Kier molecular flexibility index (Phi) is 5.81. The summed E-state index contributed by atoms with van der Waals surface area (Å²) in [4.78, 5) is 20.7. The Hall–Kier alpha value is -2.92. The lowest BCUT2D eigenvalue weighted by Crippen LogP contribution is -2.27. The van der Waals surface area contributed by atoms with Crippen molar-refractivity contribution in [1.82, 2.24) is 15.3 Å². The molecule has 3 aromatic rings. The Morgan fingerprint density at radius 3 is 2.54 bits per heavy atom. The van der Waals surface area contributed by atoms with Crippen LogP contribution >= 0.6 is 11.6 Å². The van der Waals surface area contributed by atoms with Crippen LogP contribution in [0.1, 0.15) is 34.6 Å². The van der Waals surface area contributed by atoms with Gasteiger partial charge in [-0.3, -0.25) is 4.79 Å². The van der Waals surface area contributed by atoms with Crippen LogP contribution in [0.25, 0.3) is 0 Å². The molecule has 1 unspecified atom stereocenters. The molecule has 1 atom stereocenters. The van der Waals surface area contributed by atoms with Crippen molar-refractivity contribution in [2.24, 2.45) is 0 Å². The summed E-state index contributed by atoms with van der Waals surface area (Å²) in [6.45, 7) is 2.52. The Morgan fingerprint density at radius 2 is 1.81 bits per heavy atom. The summed E-state index contributed by atoms with van der Waals surface area (Å²) < 4.78 is 0. The molecule has 3 rings (SSSR count). The standard InChI is InChI=1S/C20H19ClN4O/c1-14(16-5-3-2-4-6-16)25-20(26)18-11-19(24-13-23-18)22-12-15-7-9-17(21)10-8-15/h2-11,13-14H,12H2,1H3,(H,25,26)(H,22,23,24). The van der Waals surface area contributed by atoms with Crippen LogP contribution in [0.2, 0.25) is 5.02 Å². The van der Waals surface area contributed by atoms with Gasteiger partial charge in [-0.1, -0.05) is 54.1 Å². The van der Waals surface area contributed by atoms with Crippen molar-refractivity contribution in [3.05, 3.63) is 88.8 Å². The van der Waals surface area contributed by atoms with Crippen molar-refractivity contribution in [2.75, 3.05) is 5.32 Å². The van der Waals surface area contributed by atoms with Crippen molar-refractivity contribution < 1.29 is 4.79 Å². The molecule has 0 aliphatic carbocycles. The number of aromatic nitrogens is 2. The highest BCUT2D eigenvalue weighted by Crippen LogP contribution is 2.14. The van der Waals surface area contributed by atoms with Gasteiger partial charge in [-0.15, -0.1) is 0 Å². The van der Waals surface area contributed by atoms with E-state index in [0.29, 0.717) is 23.1 Å².